The van der Waals surface area contributed by atoms with Crippen molar-refractivity contribution in [1.29, 1.82) is 0 Å². The summed E-state index contributed by atoms with van der Waals surface area (Å²) in [6.07, 6.45) is 6.38. The van der Waals surface area contributed by atoms with Crippen molar-refractivity contribution in [3.05, 3.63) is 62.6 Å². The second-order valence-corrected chi connectivity index (χ2v) is 13.1. The Bertz CT molecular complexity index is 1240. The van der Waals surface area contributed by atoms with Crippen molar-refractivity contribution >= 4 is 46.7 Å². The minimum absolute atomic E-state index is 0.0842. The molecule has 1 unspecified atom stereocenters. The van der Waals surface area contributed by atoms with E-state index in [9.17, 15) is 9.59 Å². The minimum atomic E-state index is -0.713. The highest BCUT2D eigenvalue weighted by atomic mass is 35.5. The van der Waals surface area contributed by atoms with Crippen LogP contribution in [0.3, 0.4) is 0 Å². The van der Waals surface area contributed by atoms with Crippen molar-refractivity contribution < 1.29 is 14.3 Å². The van der Waals surface area contributed by atoms with Crippen LogP contribution in [0.25, 0.3) is 0 Å². The molecule has 228 valence electrons. The molecule has 10 heteroatoms. The van der Waals surface area contributed by atoms with Crippen molar-refractivity contribution in [2.75, 3.05) is 45.9 Å². The second kappa shape index (κ2) is 14.5. The lowest BCUT2D eigenvalue weighted by Crippen LogP contribution is -2.54. The first-order valence-electron chi connectivity index (χ1n) is 15.2. The standard InChI is InChI=1S/C32H41Cl3N4O3/c1-22(37-12-2-3-13-37)21-42-30-20-26(34)8-9-27(30)23-10-16-38(17-11-23)31(40)29(36-32(41)39-14-4-5-15-39)18-24-6-7-25(33)19-28(24)35/h6-9,19-20,22-23,29H,2-5,10-18,21H2,1H3,(H,36,41)/t22?,29-/m1/s1. The number of urea groups is 1. The average molecular weight is 636 g/mol. The van der Waals surface area contributed by atoms with Gasteiger partial charge in [0, 0.05) is 53.7 Å². The van der Waals surface area contributed by atoms with Crippen molar-refractivity contribution in [3.63, 3.8) is 0 Å². The largest absolute Gasteiger partial charge is 0.492 e. The van der Waals surface area contributed by atoms with Gasteiger partial charge in [0.2, 0.25) is 5.91 Å². The molecule has 2 atom stereocenters. The van der Waals surface area contributed by atoms with Gasteiger partial charge in [-0.25, -0.2) is 4.79 Å². The third kappa shape index (κ3) is 7.85. The highest BCUT2D eigenvalue weighted by Gasteiger charge is 2.33. The normalized spacial score (nSPS) is 19.6. The van der Waals surface area contributed by atoms with Gasteiger partial charge in [-0.2, -0.15) is 0 Å². The fourth-order valence-corrected chi connectivity index (χ4v) is 7.02. The molecule has 2 aromatic carbocycles. The number of likely N-dealkylation sites (tertiary alicyclic amines) is 3. The maximum Gasteiger partial charge on any atom is 0.318 e. The van der Waals surface area contributed by atoms with Crippen LogP contribution in [0.5, 0.6) is 5.75 Å². The smallest absolute Gasteiger partial charge is 0.318 e. The third-order valence-corrected chi connectivity index (χ3v) is 9.72. The van der Waals surface area contributed by atoms with Crippen LogP contribution in [0.2, 0.25) is 15.1 Å². The first kappa shape index (κ1) is 31.2. The molecule has 0 bridgehead atoms. The van der Waals surface area contributed by atoms with Gasteiger partial charge >= 0.3 is 6.03 Å². The summed E-state index contributed by atoms with van der Waals surface area (Å²) in [5, 5.41) is 4.70. The summed E-state index contributed by atoms with van der Waals surface area (Å²) in [4.78, 5) is 33.0. The van der Waals surface area contributed by atoms with Gasteiger partial charge in [0.05, 0.1) is 0 Å². The van der Waals surface area contributed by atoms with Crippen LogP contribution >= 0.6 is 34.8 Å². The molecule has 0 aliphatic carbocycles. The Morgan fingerprint density at radius 2 is 1.52 bits per heavy atom. The van der Waals surface area contributed by atoms with E-state index in [4.69, 9.17) is 39.5 Å². The summed E-state index contributed by atoms with van der Waals surface area (Å²) in [6, 6.07) is 10.6. The highest BCUT2D eigenvalue weighted by Crippen LogP contribution is 2.36. The van der Waals surface area contributed by atoms with Crippen LogP contribution in [-0.2, 0) is 11.2 Å². The lowest BCUT2D eigenvalue weighted by molar-refractivity contribution is -0.134. The molecule has 1 N–H and O–H groups in total. The quantitative estimate of drug-likeness (QED) is 0.336. The summed E-state index contributed by atoms with van der Waals surface area (Å²) in [7, 11) is 0. The fraction of sp³-hybridized carbons (Fsp3) is 0.562. The number of hydrogen-bond donors (Lipinski definition) is 1. The number of ether oxygens (including phenoxy) is 1. The number of carbonyl (C=O) groups is 2. The Morgan fingerprint density at radius 1 is 0.881 bits per heavy atom. The molecule has 3 amide bonds. The van der Waals surface area contributed by atoms with Crippen LogP contribution in [0.4, 0.5) is 4.79 Å². The van der Waals surface area contributed by atoms with E-state index < -0.39 is 6.04 Å². The van der Waals surface area contributed by atoms with Crippen molar-refractivity contribution in [2.24, 2.45) is 0 Å². The van der Waals surface area contributed by atoms with Crippen LogP contribution in [0.15, 0.2) is 36.4 Å². The van der Waals surface area contributed by atoms with Crippen LogP contribution in [-0.4, -0.2) is 84.6 Å². The maximum absolute atomic E-state index is 13.9. The third-order valence-electron chi connectivity index (χ3n) is 8.89. The summed E-state index contributed by atoms with van der Waals surface area (Å²) < 4.78 is 6.36. The van der Waals surface area contributed by atoms with E-state index in [1.54, 1.807) is 17.0 Å². The fourth-order valence-electron chi connectivity index (χ4n) is 6.37. The molecule has 0 radical (unpaired) electrons. The van der Waals surface area contributed by atoms with Gasteiger partial charge in [-0.3, -0.25) is 9.69 Å². The Hall–Kier alpha value is -2.19. The molecule has 3 heterocycles. The molecule has 0 spiro atoms. The van der Waals surface area contributed by atoms with E-state index in [0.29, 0.717) is 60.3 Å². The molecule has 0 aromatic heterocycles. The summed E-state index contributed by atoms with van der Waals surface area (Å²) in [6.45, 7) is 7.71. The molecule has 0 saturated carbocycles. The van der Waals surface area contributed by atoms with Gasteiger partial charge in [-0.1, -0.05) is 46.9 Å². The zero-order valence-electron chi connectivity index (χ0n) is 24.3. The molecule has 2 aromatic rings. The van der Waals surface area contributed by atoms with Crippen LogP contribution in [0, 0.1) is 0 Å². The van der Waals surface area contributed by atoms with E-state index in [-0.39, 0.29) is 17.9 Å². The number of benzene rings is 2. The van der Waals surface area contributed by atoms with Gasteiger partial charge in [0.15, 0.2) is 0 Å². The number of nitrogens with zero attached hydrogens (tertiary/aromatic N) is 3. The van der Waals surface area contributed by atoms with E-state index in [0.717, 1.165) is 55.6 Å². The van der Waals surface area contributed by atoms with Gasteiger partial charge in [0.25, 0.3) is 0 Å². The molecule has 3 aliphatic rings. The summed E-state index contributed by atoms with van der Waals surface area (Å²) in [5.41, 5.74) is 1.93. The van der Waals surface area contributed by atoms with E-state index >= 15 is 0 Å². The van der Waals surface area contributed by atoms with Crippen molar-refractivity contribution in [3.8, 4) is 5.75 Å². The Labute approximate surface area is 264 Å². The molecule has 3 saturated heterocycles. The zero-order valence-corrected chi connectivity index (χ0v) is 26.6. The molecule has 42 heavy (non-hydrogen) atoms. The van der Waals surface area contributed by atoms with Crippen LogP contribution < -0.4 is 10.1 Å². The molecule has 3 aliphatic heterocycles. The van der Waals surface area contributed by atoms with Crippen molar-refractivity contribution in [2.45, 2.75) is 69.9 Å². The maximum atomic E-state index is 13.9. The lowest BCUT2D eigenvalue weighted by Gasteiger charge is -2.35. The van der Waals surface area contributed by atoms with Gasteiger partial charge in [0.1, 0.15) is 18.4 Å². The highest BCUT2D eigenvalue weighted by molar-refractivity contribution is 6.35. The SMILES string of the molecule is CC(COc1cc(Cl)ccc1C1CCN(C(=O)[C@@H](Cc2ccc(Cl)cc2Cl)NC(=O)N2CCCC2)CC1)N1CCCC1. The monoisotopic (exact) mass is 634 g/mol. The first-order valence-corrected chi connectivity index (χ1v) is 16.4. The van der Waals surface area contributed by atoms with Gasteiger partial charge in [-0.05, 0) is 99.8 Å². The topological polar surface area (TPSA) is 65.1 Å². The molecule has 3 fully saturated rings. The molecular weight excluding hydrogens is 595 g/mol. The number of halogens is 3. The first-order chi connectivity index (χ1) is 20.3. The van der Waals surface area contributed by atoms with Gasteiger partial charge in [-0.15, -0.1) is 0 Å². The number of nitrogens with one attached hydrogen (secondary N) is 1. The zero-order chi connectivity index (χ0) is 29.6. The Morgan fingerprint density at radius 3 is 2.21 bits per heavy atom. The van der Waals surface area contributed by atoms with E-state index in [2.05, 4.69) is 23.2 Å². The minimum Gasteiger partial charge on any atom is -0.492 e. The molecule has 7 nitrogen and oxygen atoms in total. The number of hydrogen-bond acceptors (Lipinski definition) is 4. The predicted octanol–water partition coefficient (Wildman–Crippen LogP) is 6.63. The average Bonchev–Trinajstić information content (AvgIpc) is 3.72. The Kier molecular flexibility index (Phi) is 10.8. The molecular formula is C32H41Cl3N4O3. The summed E-state index contributed by atoms with van der Waals surface area (Å²) >= 11 is 18.9. The van der Waals surface area contributed by atoms with E-state index in [1.165, 1.54) is 12.8 Å². The number of carbonyl (C=O) groups excluding carboxylic acids is 2. The van der Waals surface area contributed by atoms with E-state index in [1.807, 2.05) is 23.1 Å². The van der Waals surface area contributed by atoms with Crippen molar-refractivity contribution in [1.82, 2.24) is 20.0 Å². The van der Waals surface area contributed by atoms with Crippen LogP contribution in [0.1, 0.15) is 62.5 Å². The lowest BCUT2D eigenvalue weighted by atomic mass is 9.88. The Balaban J connectivity index is 1.24. The predicted molar refractivity (Wildman–Crippen MR) is 169 cm³/mol. The number of piperidine rings is 1. The number of rotatable bonds is 9. The second-order valence-electron chi connectivity index (χ2n) is 11.8. The number of amides is 3. The molecule has 5 rings (SSSR count). The summed E-state index contributed by atoms with van der Waals surface area (Å²) in [5.74, 6) is 1.01. The van der Waals surface area contributed by atoms with Gasteiger partial charge < -0.3 is 19.9 Å².